The molecular weight excluding hydrogens is 420 g/mol. The molecule has 1 amide bonds. The Bertz CT molecular complexity index is 1020. The van der Waals surface area contributed by atoms with E-state index in [2.05, 4.69) is 10.1 Å². The summed E-state index contributed by atoms with van der Waals surface area (Å²) in [6, 6.07) is 5.88. The molecule has 3 rings (SSSR count). The van der Waals surface area contributed by atoms with Gasteiger partial charge in [-0.25, -0.2) is 13.2 Å². The van der Waals surface area contributed by atoms with Crippen LogP contribution in [0.15, 0.2) is 34.5 Å². The number of nitrogens with one attached hydrogen (secondary N) is 1. The first-order valence-corrected chi connectivity index (χ1v) is 11.0. The zero-order chi connectivity index (χ0) is 21.0. The zero-order valence-corrected chi connectivity index (χ0v) is 17.5. The minimum atomic E-state index is -3.94. The highest BCUT2D eigenvalue weighted by molar-refractivity contribution is 7.89. The molecule has 1 aliphatic heterocycles. The number of hydrogen-bond donors (Lipinski definition) is 1. The highest BCUT2D eigenvalue weighted by Gasteiger charge is 2.26. The molecule has 1 aromatic carbocycles. The highest BCUT2D eigenvalue weighted by Crippen LogP contribution is 2.32. The van der Waals surface area contributed by atoms with Crippen LogP contribution in [0.1, 0.15) is 16.1 Å². The lowest BCUT2D eigenvalue weighted by atomic mass is 10.3. The predicted octanol–water partition coefficient (Wildman–Crippen LogP) is 1.96. The third-order valence-corrected chi connectivity index (χ3v) is 6.80. The van der Waals surface area contributed by atoms with Crippen LogP contribution in [0.2, 0.25) is 0 Å². The third kappa shape index (κ3) is 4.69. The van der Waals surface area contributed by atoms with Crippen LogP contribution in [0.4, 0.5) is 5.69 Å². The number of benzene rings is 1. The van der Waals surface area contributed by atoms with E-state index >= 15 is 0 Å². The summed E-state index contributed by atoms with van der Waals surface area (Å²) in [4.78, 5) is 24.2. The van der Waals surface area contributed by atoms with Gasteiger partial charge >= 0.3 is 5.97 Å². The summed E-state index contributed by atoms with van der Waals surface area (Å²) in [5, 5.41) is 4.16. The second-order valence-corrected chi connectivity index (χ2v) is 9.08. The summed E-state index contributed by atoms with van der Waals surface area (Å²) in [6.07, 6.45) is 0.701. The number of rotatable bonds is 6. The number of hydrogen-bond acceptors (Lipinski definition) is 8. The molecule has 0 fully saturated rings. The first-order valence-electron chi connectivity index (χ1n) is 8.64. The fraction of sp³-hybridized carbons (Fsp3) is 0.333. The van der Waals surface area contributed by atoms with E-state index in [4.69, 9.17) is 9.47 Å². The highest BCUT2D eigenvalue weighted by atomic mass is 32.2. The normalized spacial score (nSPS) is 13.6. The third-order valence-electron chi connectivity index (χ3n) is 4.10. The Labute approximate surface area is 172 Å². The molecule has 0 saturated carbocycles. The lowest BCUT2D eigenvalue weighted by Crippen LogP contribution is -2.35. The number of sulfonamides is 1. The molecule has 1 N–H and O–H groups in total. The van der Waals surface area contributed by atoms with E-state index in [0.717, 1.165) is 15.6 Å². The largest absolute Gasteiger partial charge is 0.490 e. The SMILES string of the molecule is COC(=O)c1sccc1NC(=O)CN(C)S(=O)(=O)c1ccc2c(c1)OCCCO2. The van der Waals surface area contributed by atoms with E-state index < -0.39 is 28.4 Å². The summed E-state index contributed by atoms with van der Waals surface area (Å²) in [5.41, 5.74) is 0.272. The second kappa shape index (κ2) is 8.80. The minimum Gasteiger partial charge on any atom is -0.490 e. The fourth-order valence-corrected chi connectivity index (χ4v) is 4.53. The van der Waals surface area contributed by atoms with Gasteiger partial charge in [-0.3, -0.25) is 4.79 Å². The molecule has 1 aliphatic rings. The lowest BCUT2D eigenvalue weighted by molar-refractivity contribution is -0.116. The Morgan fingerprint density at radius 2 is 1.93 bits per heavy atom. The molecule has 0 bridgehead atoms. The quantitative estimate of drug-likeness (QED) is 0.684. The van der Waals surface area contributed by atoms with Gasteiger partial charge in [-0.05, 0) is 23.6 Å². The standard InChI is InChI=1S/C18H20N2O7S2/c1-20(11-16(21)19-13-6-9-28-17(13)18(22)25-2)29(23,24)12-4-5-14-15(10-12)27-8-3-7-26-14/h4-6,9-10H,3,7-8,11H2,1-2H3,(H,19,21). The van der Waals surface area contributed by atoms with Crippen LogP contribution < -0.4 is 14.8 Å². The first-order chi connectivity index (χ1) is 13.8. The van der Waals surface area contributed by atoms with Crippen molar-refractivity contribution in [3.05, 3.63) is 34.5 Å². The summed E-state index contributed by atoms with van der Waals surface area (Å²) in [5.74, 6) is -0.338. The van der Waals surface area contributed by atoms with E-state index in [9.17, 15) is 18.0 Å². The first kappa shape index (κ1) is 21.1. The second-order valence-electron chi connectivity index (χ2n) is 6.12. The Hall–Kier alpha value is -2.63. The van der Waals surface area contributed by atoms with Crippen molar-refractivity contribution < 1.29 is 32.2 Å². The average molecular weight is 440 g/mol. The summed E-state index contributed by atoms with van der Waals surface area (Å²) in [7, 11) is -1.40. The smallest absolute Gasteiger partial charge is 0.350 e. The van der Waals surface area contributed by atoms with Crippen molar-refractivity contribution in [1.29, 1.82) is 0 Å². The van der Waals surface area contributed by atoms with Crippen LogP contribution in [-0.4, -0.2) is 58.5 Å². The van der Waals surface area contributed by atoms with Crippen LogP contribution in [0, 0.1) is 0 Å². The van der Waals surface area contributed by atoms with Crippen molar-refractivity contribution in [2.24, 2.45) is 0 Å². The Morgan fingerprint density at radius 1 is 1.21 bits per heavy atom. The Morgan fingerprint density at radius 3 is 2.66 bits per heavy atom. The molecular formula is C18H20N2O7S2. The van der Waals surface area contributed by atoms with Crippen molar-refractivity contribution in [2.75, 3.05) is 39.2 Å². The molecule has 9 nitrogen and oxygen atoms in total. The van der Waals surface area contributed by atoms with E-state index in [1.54, 1.807) is 11.4 Å². The molecule has 0 radical (unpaired) electrons. The van der Waals surface area contributed by atoms with Gasteiger partial charge in [0.2, 0.25) is 15.9 Å². The molecule has 11 heteroatoms. The van der Waals surface area contributed by atoms with E-state index in [0.29, 0.717) is 31.1 Å². The van der Waals surface area contributed by atoms with Crippen molar-refractivity contribution in [2.45, 2.75) is 11.3 Å². The van der Waals surface area contributed by atoms with Crippen molar-refractivity contribution in [1.82, 2.24) is 4.31 Å². The van der Waals surface area contributed by atoms with Gasteiger partial charge in [0, 0.05) is 19.5 Å². The number of carbonyl (C=O) groups is 2. The number of esters is 1. The molecule has 0 atom stereocenters. The van der Waals surface area contributed by atoms with Crippen LogP contribution in [-0.2, 0) is 19.6 Å². The molecule has 29 heavy (non-hydrogen) atoms. The maximum absolute atomic E-state index is 12.8. The maximum atomic E-state index is 12.8. The topological polar surface area (TPSA) is 111 Å². The Kier molecular flexibility index (Phi) is 6.40. The molecule has 2 aromatic rings. The van der Waals surface area contributed by atoms with Crippen molar-refractivity contribution in [3.8, 4) is 11.5 Å². The van der Waals surface area contributed by atoms with E-state index in [-0.39, 0.29) is 15.5 Å². The number of fused-ring (bicyclic) bond motifs is 1. The number of nitrogens with zero attached hydrogens (tertiary/aromatic N) is 1. The number of ether oxygens (including phenoxy) is 3. The van der Waals surface area contributed by atoms with Gasteiger partial charge in [-0.15, -0.1) is 11.3 Å². The molecule has 0 unspecified atom stereocenters. The minimum absolute atomic E-state index is 0.0113. The molecule has 1 aromatic heterocycles. The van der Waals surface area contributed by atoms with Gasteiger partial charge in [-0.1, -0.05) is 0 Å². The fourth-order valence-electron chi connectivity index (χ4n) is 2.62. The average Bonchev–Trinajstić information content (AvgIpc) is 3.02. The number of thiophene rings is 1. The van der Waals surface area contributed by atoms with Gasteiger partial charge in [0.25, 0.3) is 0 Å². The Balaban J connectivity index is 1.72. The van der Waals surface area contributed by atoms with Gasteiger partial charge in [0.15, 0.2) is 11.5 Å². The van der Waals surface area contributed by atoms with Crippen molar-refractivity contribution in [3.63, 3.8) is 0 Å². The molecule has 156 valence electrons. The van der Waals surface area contributed by atoms with Crippen LogP contribution in [0.5, 0.6) is 11.5 Å². The van der Waals surface area contributed by atoms with Gasteiger partial charge in [-0.2, -0.15) is 4.31 Å². The van der Waals surface area contributed by atoms with Crippen LogP contribution in [0.3, 0.4) is 0 Å². The summed E-state index contributed by atoms with van der Waals surface area (Å²) < 4.78 is 42.3. The monoisotopic (exact) mass is 440 g/mol. The summed E-state index contributed by atoms with van der Waals surface area (Å²) >= 11 is 1.11. The molecule has 0 saturated heterocycles. The molecule has 0 aliphatic carbocycles. The number of methoxy groups -OCH3 is 1. The molecule has 0 spiro atoms. The predicted molar refractivity (Wildman–Crippen MR) is 106 cm³/mol. The van der Waals surface area contributed by atoms with E-state index in [1.165, 1.54) is 32.4 Å². The van der Waals surface area contributed by atoms with Crippen LogP contribution >= 0.6 is 11.3 Å². The lowest BCUT2D eigenvalue weighted by Gasteiger charge is -2.18. The van der Waals surface area contributed by atoms with Gasteiger partial charge < -0.3 is 19.5 Å². The van der Waals surface area contributed by atoms with E-state index in [1.807, 2.05) is 0 Å². The number of anilines is 1. The van der Waals surface area contributed by atoms with Crippen molar-refractivity contribution >= 4 is 38.9 Å². The maximum Gasteiger partial charge on any atom is 0.350 e. The van der Waals surface area contributed by atoms with Gasteiger partial charge in [0.1, 0.15) is 4.88 Å². The number of carbonyl (C=O) groups excluding carboxylic acids is 2. The number of amides is 1. The van der Waals surface area contributed by atoms with Gasteiger partial charge in [0.05, 0.1) is 37.5 Å². The number of likely N-dealkylation sites (N-methyl/N-ethyl adjacent to an activating group) is 1. The van der Waals surface area contributed by atoms with Crippen LogP contribution in [0.25, 0.3) is 0 Å². The summed E-state index contributed by atoms with van der Waals surface area (Å²) in [6.45, 7) is 0.487. The zero-order valence-electron chi connectivity index (χ0n) is 15.8. The molecule has 2 heterocycles.